The van der Waals surface area contributed by atoms with Gasteiger partial charge < -0.3 is 10.5 Å². The van der Waals surface area contributed by atoms with Crippen LogP contribution in [0.2, 0.25) is 0 Å². The standard InChI is InChI=1S/C13H20FN3O/c1-9(8-18-3)17(2)7-11-5-4-10(13(15)16)6-12(11)14/h4-6,9H,7-8H2,1-3H3,(H3,15,16). The highest BCUT2D eigenvalue weighted by Gasteiger charge is 2.12. The number of nitrogen functional groups attached to an aromatic ring is 1. The second-order valence-corrected chi connectivity index (χ2v) is 4.44. The lowest BCUT2D eigenvalue weighted by Gasteiger charge is -2.24. The summed E-state index contributed by atoms with van der Waals surface area (Å²) in [5.41, 5.74) is 6.31. The average Bonchev–Trinajstić information content (AvgIpc) is 2.31. The van der Waals surface area contributed by atoms with Crippen LogP contribution < -0.4 is 5.73 Å². The van der Waals surface area contributed by atoms with Crippen LogP contribution >= 0.6 is 0 Å². The maximum Gasteiger partial charge on any atom is 0.128 e. The maximum atomic E-state index is 13.8. The molecule has 1 aromatic carbocycles. The number of methoxy groups -OCH3 is 1. The van der Waals surface area contributed by atoms with Crippen LogP contribution in [-0.2, 0) is 11.3 Å². The Kier molecular flexibility index (Phi) is 5.25. The largest absolute Gasteiger partial charge is 0.384 e. The lowest BCUT2D eigenvalue weighted by molar-refractivity contribution is 0.111. The number of rotatable bonds is 6. The molecule has 0 saturated heterocycles. The molecule has 0 bridgehead atoms. The normalized spacial score (nSPS) is 12.7. The van der Waals surface area contributed by atoms with Gasteiger partial charge in [-0.05, 0) is 20.0 Å². The predicted octanol–water partition coefficient (Wildman–Crippen LogP) is 1.58. The fourth-order valence-electron chi connectivity index (χ4n) is 1.64. The van der Waals surface area contributed by atoms with E-state index in [4.69, 9.17) is 15.9 Å². The molecule has 0 fully saturated rings. The first-order valence-electron chi connectivity index (χ1n) is 5.77. The molecule has 0 amide bonds. The summed E-state index contributed by atoms with van der Waals surface area (Å²) < 4.78 is 18.9. The van der Waals surface area contributed by atoms with Crippen LogP contribution in [0.1, 0.15) is 18.1 Å². The molecule has 1 rings (SSSR count). The lowest BCUT2D eigenvalue weighted by Crippen LogP contribution is -2.32. The van der Waals surface area contributed by atoms with E-state index >= 15 is 0 Å². The zero-order chi connectivity index (χ0) is 13.7. The summed E-state index contributed by atoms with van der Waals surface area (Å²) in [5, 5.41) is 7.25. The van der Waals surface area contributed by atoms with Crippen molar-refractivity contribution in [1.29, 1.82) is 5.41 Å². The fourth-order valence-corrected chi connectivity index (χ4v) is 1.64. The van der Waals surface area contributed by atoms with Gasteiger partial charge in [-0.25, -0.2) is 4.39 Å². The van der Waals surface area contributed by atoms with Crippen molar-refractivity contribution in [3.8, 4) is 0 Å². The number of likely N-dealkylation sites (N-methyl/N-ethyl adjacent to an activating group) is 1. The van der Waals surface area contributed by atoms with Gasteiger partial charge in [0.05, 0.1) is 6.61 Å². The molecular formula is C13H20FN3O. The summed E-state index contributed by atoms with van der Waals surface area (Å²) in [4.78, 5) is 2.01. The van der Waals surface area contributed by atoms with Crippen LogP contribution in [-0.4, -0.2) is 37.5 Å². The Hall–Kier alpha value is -1.46. The zero-order valence-electron chi connectivity index (χ0n) is 11.0. The van der Waals surface area contributed by atoms with E-state index in [1.54, 1.807) is 19.2 Å². The van der Waals surface area contributed by atoms with E-state index in [9.17, 15) is 4.39 Å². The molecule has 5 heteroatoms. The summed E-state index contributed by atoms with van der Waals surface area (Å²) >= 11 is 0. The third-order valence-electron chi connectivity index (χ3n) is 2.94. The minimum atomic E-state index is -0.334. The number of nitrogens with one attached hydrogen (secondary N) is 1. The number of nitrogens with two attached hydrogens (primary N) is 1. The summed E-state index contributed by atoms with van der Waals surface area (Å²) in [6, 6.07) is 4.84. The molecule has 3 N–H and O–H groups in total. The molecule has 0 spiro atoms. The highest BCUT2D eigenvalue weighted by molar-refractivity contribution is 5.94. The molecule has 0 aromatic heterocycles. The van der Waals surface area contributed by atoms with Gasteiger partial charge in [0, 0.05) is 30.8 Å². The van der Waals surface area contributed by atoms with Gasteiger partial charge >= 0.3 is 0 Å². The average molecular weight is 253 g/mol. The Bertz CT molecular complexity index is 423. The summed E-state index contributed by atoms with van der Waals surface area (Å²) in [6.07, 6.45) is 0. The van der Waals surface area contributed by atoms with E-state index in [1.165, 1.54) is 6.07 Å². The van der Waals surface area contributed by atoms with Crippen molar-refractivity contribution in [3.63, 3.8) is 0 Å². The molecular weight excluding hydrogens is 233 g/mol. The van der Waals surface area contributed by atoms with Crippen LogP contribution in [0.4, 0.5) is 4.39 Å². The molecule has 0 aliphatic rings. The van der Waals surface area contributed by atoms with Crippen molar-refractivity contribution in [2.75, 3.05) is 20.8 Å². The minimum absolute atomic E-state index is 0.124. The van der Waals surface area contributed by atoms with E-state index in [-0.39, 0.29) is 17.7 Å². The number of amidine groups is 1. The summed E-state index contributed by atoms with van der Waals surface area (Å²) in [5.74, 6) is -0.458. The van der Waals surface area contributed by atoms with Crippen LogP contribution in [0.3, 0.4) is 0 Å². The Balaban J connectivity index is 2.76. The van der Waals surface area contributed by atoms with Gasteiger partial charge in [0.1, 0.15) is 11.7 Å². The monoisotopic (exact) mass is 253 g/mol. The van der Waals surface area contributed by atoms with Gasteiger partial charge in [0.15, 0.2) is 0 Å². The fraction of sp³-hybridized carbons (Fsp3) is 0.462. The molecule has 0 aliphatic carbocycles. The van der Waals surface area contributed by atoms with E-state index in [0.717, 1.165) is 0 Å². The van der Waals surface area contributed by atoms with Gasteiger partial charge in [0.25, 0.3) is 0 Å². The molecule has 0 heterocycles. The van der Waals surface area contributed by atoms with Crippen LogP contribution in [0.25, 0.3) is 0 Å². The quantitative estimate of drug-likeness (QED) is 0.597. The second kappa shape index (κ2) is 6.47. The first-order valence-corrected chi connectivity index (χ1v) is 5.77. The third-order valence-corrected chi connectivity index (χ3v) is 2.94. The topological polar surface area (TPSA) is 62.3 Å². The maximum absolute atomic E-state index is 13.8. The van der Waals surface area contributed by atoms with Crippen LogP contribution in [0, 0.1) is 11.2 Å². The Morgan fingerprint density at radius 3 is 2.72 bits per heavy atom. The van der Waals surface area contributed by atoms with Crippen molar-refractivity contribution < 1.29 is 9.13 Å². The number of nitrogens with zero attached hydrogens (tertiary/aromatic N) is 1. The highest BCUT2D eigenvalue weighted by Crippen LogP contribution is 2.13. The molecule has 0 radical (unpaired) electrons. The zero-order valence-corrected chi connectivity index (χ0v) is 11.0. The second-order valence-electron chi connectivity index (χ2n) is 4.44. The van der Waals surface area contributed by atoms with Crippen LogP contribution in [0.5, 0.6) is 0 Å². The first-order chi connectivity index (χ1) is 8.45. The number of hydrogen-bond donors (Lipinski definition) is 2. The van der Waals surface area contributed by atoms with E-state index in [1.807, 2.05) is 18.9 Å². The third kappa shape index (κ3) is 3.78. The number of benzene rings is 1. The smallest absolute Gasteiger partial charge is 0.128 e. The molecule has 0 saturated carbocycles. The highest BCUT2D eigenvalue weighted by atomic mass is 19.1. The van der Waals surface area contributed by atoms with E-state index in [0.29, 0.717) is 24.3 Å². The molecule has 1 atom stereocenters. The first kappa shape index (κ1) is 14.6. The van der Waals surface area contributed by atoms with Crippen LogP contribution in [0.15, 0.2) is 18.2 Å². The Morgan fingerprint density at radius 1 is 1.56 bits per heavy atom. The van der Waals surface area contributed by atoms with Gasteiger partial charge in [-0.2, -0.15) is 0 Å². The molecule has 18 heavy (non-hydrogen) atoms. The van der Waals surface area contributed by atoms with Crippen molar-refractivity contribution in [2.24, 2.45) is 5.73 Å². The minimum Gasteiger partial charge on any atom is -0.384 e. The van der Waals surface area contributed by atoms with Crippen molar-refractivity contribution in [1.82, 2.24) is 4.90 Å². The number of halogens is 1. The van der Waals surface area contributed by atoms with Gasteiger partial charge in [0.2, 0.25) is 0 Å². The Labute approximate surface area is 107 Å². The SMILES string of the molecule is COCC(C)N(C)Cc1ccc(C(=N)N)cc1F. The molecule has 100 valence electrons. The van der Waals surface area contributed by atoms with E-state index in [2.05, 4.69) is 0 Å². The van der Waals surface area contributed by atoms with Crippen molar-refractivity contribution >= 4 is 5.84 Å². The van der Waals surface area contributed by atoms with Crippen molar-refractivity contribution in [2.45, 2.75) is 19.5 Å². The molecule has 0 aliphatic heterocycles. The summed E-state index contributed by atoms with van der Waals surface area (Å²) in [7, 11) is 3.56. The van der Waals surface area contributed by atoms with Gasteiger partial charge in [-0.15, -0.1) is 0 Å². The molecule has 1 aromatic rings. The predicted molar refractivity (Wildman–Crippen MR) is 70.2 cm³/mol. The number of ether oxygens (including phenoxy) is 1. The Morgan fingerprint density at radius 2 is 2.22 bits per heavy atom. The molecule has 4 nitrogen and oxygen atoms in total. The van der Waals surface area contributed by atoms with Gasteiger partial charge in [-0.3, -0.25) is 10.3 Å². The summed E-state index contributed by atoms with van der Waals surface area (Å²) in [6.45, 7) is 3.11. The number of hydrogen-bond acceptors (Lipinski definition) is 3. The van der Waals surface area contributed by atoms with Gasteiger partial charge in [-0.1, -0.05) is 12.1 Å². The molecule has 1 unspecified atom stereocenters. The van der Waals surface area contributed by atoms with E-state index < -0.39 is 0 Å². The lowest BCUT2D eigenvalue weighted by atomic mass is 10.1. The van der Waals surface area contributed by atoms with Crippen molar-refractivity contribution in [3.05, 3.63) is 35.1 Å².